The molecule has 0 atom stereocenters. The second-order valence-corrected chi connectivity index (χ2v) is 9.29. The molecule has 0 radical (unpaired) electrons. The Morgan fingerprint density at radius 2 is 1.39 bits per heavy atom. The summed E-state index contributed by atoms with van der Waals surface area (Å²) in [7, 11) is 1.96. The number of hydrogen-bond acceptors (Lipinski definition) is 4. The van der Waals surface area contributed by atoms with Gasteiger partial charge < -0.3 is 14.9 Å². The van der Waals surface area contributed by atoms with E-state index < -0.39 is 11.9 Å². The molecular weight excluding hydrogens is 478 g/mol. The van der Waals surface area contributed by atoms with E-state index in [9.17, 15) is 19.8 Å². The van der Waals surface area contributed by atoms with E-state index >= 15 is 0 Å². The molecule has 1 heterocycles. The highest BCUT2D eigenvalue weighted by Gasteiger charge is 2.25. The number of hydrogen-bond donors (Lipinski definition) is 2. The Bertz CT molecular complexity index is 1740. The zero-order chi connectivity index (χ0) is 27.0. The normalized spacial score (nSPS) is 11.3. The van der Waals surface area contributed by atoms with Crippen molar-refractivity contribution in [2.24, 2.45) is 7.05 Å². The molecule has 0 saturated heterocycles. The second-order valence-electron chi connectivity index (χ2n) is 9.29. The van der Waals surface area contributed by atoms with Crippen LogP contribution in [0.15, 0.2) is 78.9 Å². The number of aromatic hydroxyl groups is 1. The molecule has 0 bridgehead atoms. The number of fused-ring (bicyclic) bond motifs is 2. The molecule has 0 amide bonds. The SMILES string of the molecule is Cc1cc(C(=O)O)cc(C)c1OC(=O)c1c2ccccc2[n+](C)c2ccc(/C=C/c3ccc(O)cc3)cc12. The Morgan fingerprint density at radius 3 is 2.08 bits per heavy atom. The molecule has 0 aliphatic heterocycles. The summed E-state index contributed by atoms with van der Waals surface area (Å²) in [6.45, 7) is 3.46. The quantitative estimate of drug-likeness (QED) is 0.0974. The maximum absolute atomic E-state index is 13.8. The number of rotatable bonds is 5. The van der Waals surface area contributed by atoms with Crippen LogP contribution >= 0.6 is 0 Å². The largest absolute Gasteiger partial charge is 0.508 e. The smallest absolute Gasteiger partial charge is 0.345 e. The number of aryl methyl sites for hydroxylation is 3. The van der Waals surface area contributed by atoms with Gasteiger partial charge in [-0.15, -0.1) is 0 Å². The van der Waals surface area contributed by atoms with Crippen LogP contribution in [-0.4, -0.2) is 22.2 Å². The lowest BCUT2D eigenvalue weighted by atomic mass is 9.99. The molecule has 0 aliphatic carbocycles. The van der Waals surface area contributed by atoms with E-state index in [0.29, 0.717) is 22.4 Å². The van der Waals surface area contributed by atoms with Gasteiger partial charge in [0.15, 0.2) is 0 Å². The Kier molecular flexibility index (Phi) is 6.39. The number of aromatic carboxylic acids is 1. The van der Waals surface area contributed by atoms with Crippen molar-refractivity contribution >= 4 is 45.9 Å². The minimum Gasteiger partial charge on any atom is -0.508 e. The van der Waals surface area contributed by atoms with Crippen molar-refractivity contribution in [2.45, 2.75) is 13.8 Å². The number of nitrogens with zero attached hydrogens (tertiary/aromatic N) is 1. The van der Waals surface area contributed by atoms with Gasteiger partial charge in [0, 0.05) is 12.1 Å². The molecule has 0 saturated carbocycles. The van der Waals surface area contributed by atoms with Gasteiger partial charge >= 0.3 is 11.9 Å². The maximum atomic E-state index is 13.8. The minimum atomic E-state index is -1.03. The predicted octanol–water partition coefficient (Wildman–Crippen LogP) is 6.23. The number of benzene rings is 4. The molecule has 188 valence electrons. The van der Waals surface area contributed by atoms with Crippen molar-refractivity contribution in [1.82, 2.24) is 0 Å². The van der Waals surface area contributed by atoms with E-state index in [-0.39, 0.29) is 11.3 Å². The first-order chi connectivity index (χ1) is 18.2. The zero-order valence-electron chi connectivity index (χ0n) is 21.2. The number of carbonyl (C=O) groups is 2. The summed E-state index contributed by atoms with van der Waals surface area (Å²) in [6.07, 6.45) is 3.89. The third kappa shape index (κ3) is 4.60. The van der Waals surface area contributed by atoms with Gasteiger partial charge in [0.25, 0.3) is 0 Å². The average Bonchev–Trinajstić information content (AvgIpc) is 2.90. The van der Waals surface area contributed by atoms with E-state index in [1.165, 1.54) is 12.1 Å². The number of aromatic nitrogens is 1. The molecule has 0 aliphatic rings. The highest BCUT2D eigenvalue weighted by Crippen LogP contribution is 2.30. The Labute approximate surface area is 219 Å². The summed E-state index contributed by atoms with van der Waals surface area (Å²) < 4.78 is 8.00. The highest BCUT2D eigenvalue weighted by atomic mass is 16.5. The lowest BCUT2D eigenvalue weighted by molar-refractivity contribution is -0.617. The van der Waals surface area contributed by atoms with E-state index in [1.807, 2.05) is 78.4 Å². The standard InChI is InChI=1S/C32H25NO5/c1-19-16-23(31(35)36)17-20(2)30(19)38-32(37)29-25-6-4-5-7-27(25)33(3)28-15-12-22(18-26(28)29)9-8-21-10-13-24(34)14-11-21/h4-18H,1-3H3,(H-,34,35,36,37)/p+1. The molecule has 0 unspecified atom stereocenters. The number of carboxylic acid groups (broad SMARTS) is 1. The summed E-state index contributed by atoms with van der Waals surface area (Å²) >= 11 is 0. The van der Waals surface area contributed by atoms with Crippen molar-refractivity contribution in [2.75, 3.05) is 0 Å². The van der Waals surface area contributed by atoms with Gasteiger partial charge in [-0.1, -0.05) is 36.4 Å². The van der Waals surface area contributed by atoms with Crippen LogP contribution in [0.1, 0.15) is 43.0 Å². The van der Waals surface area contributed by atoms with Gasteiger partial charge in [0.05, 0.1) is 21.9 Å². The Hall–Kier alpha value is -4.97. The molecule has 1 aromatic heterocycles. The number of phenols is 1. The topological polar surface area (TPSA) is 87.7 Å². The molecule has 4 aromatic carbocycles. The van der Waals surface area contributed by atoms with Gasteiger partial charge in [-0.3, -0.25) is 0 Å². The van der Waals surface area contributed by atoms with E-state index in [2.05, 4.69) is 0 Å². The lowest BCUT2D eigenvalue weighted by Crippen LogP contribution is -2.31. The van der Waals surface area contributed by atoms with Crippen LogP contribution in [0, 0.1) is 13.8 Å². The lowest BCUT2D eigenvalue weighted by Gasteiger charge is -2.14. The van der Waals surface area contributed by atoms with Crippen LogP contribution in [0.4, 0.5) is 0 Å². The number of ether oxygens (including phenoxy) is 1. The second kappa shape index (κ2) is 9.82. The van der Waals surface area contributed by atoms with Gasteiger partial charge in [-0.25, -0.2) is 9.59 Å². The van der Waals surface area contributed by atoms with Crippen LogP contribution in [0.5, 0.6) is 11.5 Å². The zero-order valence-corrected chi connectivity index (χ0v) is 21.2. The monoisotopic (exact) mass is 504 g/mol. The highest BCUT2D eigenvalue weighted by molar-refractivity contribution is 6.13. The van der Waals surface area contributed by atoms with Crippen LogP contribution in [-0.2, 0) is 7.05 Å². The number of esters is 1. The van der Waals surface area contributed by atoms with Crippen molar-refractivity contribution in [1.29, 1.82) is 0 Å². The fraction of sp³-hybridized carbons (Fsp3) is 0.0938. The molecule has 5 rings (SSSR count). The third-order valence-corrected chi connectivity index (χ3v) is 6.65. The molecule has 5 aromatic rings. The summed E-state index contributed by atoms with van der Waals surface area (Å²) in [6, 6.07) is 23.5. The first kappa shape index (κ1) is 24.7. The van der Waals surface area contributed by atoms with E-state index in [0.717, 1.165) is 32.9 Å². The first-order valence-electron chi connectivity index (χ1n) is 12.1. The summed E-state index contributed by atoms with van der Waals surface area (Å²) in [5.74, 6) is -0.984. The third-order valence-electron chi connectivity index (χ3n) is 6.65. The van der Waals surface area contributed by atoms with Crippen LogP contribution < -0.4 is 9.30 Å². The van der Waals surface area contributed by atoms with Crippen molar-refractivity contribution in [3.05, 3.63) is 112 Å². The predicted molar refractivity (Wildman–Crippen MR) is 147 cm³/mol. The van der Waals surface area contributed by atoms with Crippen LogP contribution in [0.3, 0.4) is 0 Å². The molecular formula is C32H26NO5+. The maximum Gasteiger partial charge on any atom is 0.345 e. The van der Waals surface area contributed by atoms with Crippen LogP contribution in [0.2, 0.25) is 0 Å². The first-order valence-corrected chi connectivity index (χ1v) is 12.1. The molecule has 0 fully saturated rings. The van der Waals surface area contributed by atoms with Gasteiger partial charge in [-0.2, -0.15) is 4.57 Å². The Balaban J connectivity index is 1.65. The molecule has 0 spiro atoms. The average molecular weight is 505 g/mol. The number of pyridine rings is 1. The van der Waals surface area contributed by atoms with Gasteiger partial charge in [-0.05, 0) is 78.6 Å². The van der Waals surface area contributed by atoms with Crippen molar-refractivity contribution < 1.29 is 29.1 Å². The van der Waals surface area contributed by atoms with Gasteiger partial charge in [0.1, 0.15) is 18.5 Å². The van der Waals surface area contributed by atoms with Crippen molar-refractivity contribution in [3.8, 4) is 11.5 Å². The molecule has 6 heteroatoms. The Morgan fingerprint density at radius 1 is 0.789 bits per heavy atom. The fourth-order valence-electron chi connectivity index (χ4n) is 4.78. The van der Waals surface area contributed by atoms with E-state index in [4.69, 9.17) is 4.74 Å². The number of para-hydroxylation sites is 1. The van der Waals surface area contributed by atoms with Gasteiger partial charge in [0.2, 0.25) is 11.0 Å². The fourth-order valence-corrected chi connectivity index (χ4v) is 4.78. The molecule has 38 heavy (non-hydrogen) atoms. The molecule has 6 nitrogen and oxygen atoms in total. The van der Waals surface area contributed by atoms with Crippen LogP contribution in [0.25, 0.3) is 34.0 Å². The van der Waals surface area contributed by atoms with E-state index in [1.54, 1.807) is 26.0 Å². The number of carboxylic acids is 1. The number of carbonyl (C=O) groups excluding carboxylic acids is 1. The van der Waals surface area contributed by atoms with Crippen molar-refractivity contribution in [3.63, 3.8) is 0 Å². The molecule has 2 N–H and O–H groups in total. The summed E-state index contributed by atoms with van der Waals surface area (Å²) in [4.78, 5) is 25.3. The summed E-state index contributed by atoms with van der Waals surface area (Å²) in [5.41, 5.74) is 5.31. The summed E-state index contributed by atoms with van der Waals surface area (Å²) in [5, 5.41) is 20.4. The number of phenolic OH excluding ortho intramolecular Hbond substituents is 1. The minimum absolute atomic E-state index is 0.146.